The smallest absolute Gasteiger partial charge is 0.125 e. The van der Waals surface area contributed by atoms with E-state index in [2.05, 4.69) is 45.1 Å². The summed E-state index contributed by atoms with van der Waals surface area (Å²) >= 11 is 0. The number of aryl methyl sites for hydroxylation is 2. The molecule has 0 unspecified atom stereocenters. The highest BCUT2D eigenvalue weighted by atomic mass is 16.3. The van der Waals surface area contributed by atoms with Crippen molar-refractivity contribution in [1.82, 2.24) is 5.32 Å². The van der Waals surface area contributed by atoms with Crippen LogP contribution < -0.4 is 5.32 Å². The molecular weight excluding hydrogens is 222 g/mol. The van der Waals surface area contributed by atoms with Gasteiger partial charge in [0.25, 0.3) is 0 Å². The molecule has 0 saturated carbocycles. The molecule has 96 valence electrons. The molecule has 2 heteroatoms. The van der Waals surface area contributed by atoms with E-state index in [-0.39, 0.29) is 0 Å². The van der Waals surface area contributed by atoms with Crippen molar-refractivity contribution in [2.45, 2.75) is 34.2 Å². The molecule has 18 heavy (non-hydrogen) atoms. The summed E-state index contributed by atoms with van der Waals surface area (Å²) in [6.45, 7) is 9.47. The Morgan fingerprint density at radius 3 is 2.22 bits per heavy atom. The van der Waals surface area contributed by atoms with Gasteiger partial charge in [0.15, 0.2) is 0 Å². The van der Waals surface area contributed by atoms with Crippen molar-refractivity contribution in [3.63, 3.8) is 0 Å². The predicted octanol–water partition coefficient (Wildman–Crippen LogP) is 3.90. The van der Waals surface area contributed by atoms with Crippen molar-refractivity contribution in [3.05, 3.63) is 46.4 Å². The molecule has 1 heterocycles. The Labute approximate surface area is 109 Å². The van der Waals surface area contributed by atoms with E-state index in [1.165, 1.54) is 33.4 Å². The van der Waals surface area contributed by atoms with Gasteiger partial charge in [0, 0.05) is 5.56 Å². The third-order valence-electron chi connectivity index (χ3n) is 3.72. The second kappa shape index (κ2) is 4.99. The van der Waals surface area contributed by atoms with Crippen molar-refractivity contribution in [2.24, 2.45) is 0 Å². The van der Waals surface area contributed by atoms with Gasteiger partial charge in [0.05, 0.1) is 12.8 Å². The van der Waals surface area contributed by atoms with Crippen LogP contribution >= 0.6 is 0 Å². The fourth-order valence-corrected chi connectivity index (χ4v) is 2.48. The minimum Gasteiger partial charge on any atom is -0.467 e. The Bertz CT molecular complexity index is 540. The van der Waals surface area contributed by atoms with Crippen molar-refractivity contribution in [3.8, 4) is 11.1 Å². The summed E-state index contributed by atoms with van der Waals surface area (Å²) in [5, 5.41) is 3.15. The second-order valence-electron chi connectivity index (χ2n) is 4.92. The molecule has 0 radical (unpaired) electrons. The van der Waals surface area contributed by atoms with E-state index in [9.17, 15) is 0 Å². The molecule has 0 bridgehead atoms. The number of benzene rings is 1. The molecule has 0 fully saturated rings. The predicted molar refractivity (Wildman–Crippen MR) is 75.9 cm³/mol. The standard InChI is InChI=1S/C16H21NO/c1-10-8-11(2)13(4)16(12(10)3)14-6-7-18-15(14)9-17-5/h6-8,17H,9H2,1-5H3. The van der Waals surface area contributed by atoms with Crippen LogP contribution in [-0.4, -0.2) is 7.05 Å². The quantitative estimate of drug-likeness (QED) is 0.884. The van der Waals surface area contributed by atoms with Gasteiger partial charge in [0.2, 0.25) is 0 Å². The summed E-state index contributed by atoms with van der Waals surface area (Å²) in [5.41, 5.74) is 7.90. The molecule has 0 aliphatic rings. The lowest BCUT2D eigenvalue weighted by atomic mass is 9.90. The average molecular weight is 243 g/mol. The molecule has 0 spiro atoms. The summed E-state index contributed by atoms with van der Waals surface area (Å²) in [4.78, 5) is 0. The number of rotatable bonds is 3. The maximum atomic E-state index is 5.59. The molecule has 0 aliphatic carbocycles. The van der Waals surface area contributed by atoms with E-state index in [0.29, 0.717) is 0 Å². The first-order valence-corrected chi connectivity index (χ1v) is 6.35. The first-order chi connectivity index (χ1) is 8.56. The molecule has 2 rings (SSSR count). The van der Waals surface area contributed by atoms with Crippen LogP contribution in [0.3, 0.4) is 0 Å². The maximum Gasteiger partial charge on any atom is 0.125 e. The summed E-state index contributed by atoms with van der Waals surface area (Å²) in [7, 11) is 1.94. The first kappa shape index (κ1) is 12.9. The summed E-state index contributed by atoms with van der Waals surface area (Å²) in [5.74, 6) is 1.01. The van der Waals surface area contributed by atoms with Crippen molar-refractivity contribution < 1.29 is 4.42 Å². The van der Waals surface area contributed by atoms with Gasteiger partial charge in [-0.3, -0.25) is 0 Å². The van der Waals surface area contributed by atoms with Crippen LogP contribution in [0.15, 0.2) is 22.8 Å². The minimum absolute atomic E-state index is 0.758. The normalized spacial score (nSPS) is 10.9. The number of furan rings is 1. The Morgan fingerprint density at radius 2 is 1.67 bits per heavy atom. The van der Waals surface area contributed by atoms with Gasteiger partial charge >= 0.3 is 0 Å². The topological polar surface area (TPSA) is 25.2 Å². The van der Waals surface area contributed by atoms with E-state index in [4.69, 9.17) is 4.42 Å². The van der Waals surface area contributed by atoms with Crippen LogP contribution in [-0.2, 0) is 6.54 Å². The molecule has 1 aromatic heterocycles. The number of hydrogen-bond donors (Lipinski definition) is 1. The number of hydrogen-bond acceptors (Lipinski definition) is 2. The lowest BCUT2D eigenvalue weighted by molar-refractivity contribution is 0.496. The van der Waals surface area contributed by atoms with Crippen molar-refractivity contribution >= 4 is 0 Å². The van der Waals surface area contributed by atoms with Gasteiger partial charge in [0.1, 0.15) is 5.76 Å². The second-order valence-corrected chi connectivity index (χ2v) is 4.92. The molecule has 0 aliphatic heterocycles. The van der Waals surface area contributed by atoms with Gasteiger partial charge in [-0.1, -0.05) is 6.07 Å². The lowest BCUT2D eigenvalue weighted by Crippen LogP contribution is -2.05. The zero-order valence-corrected chi connectivity index (χ0v) is 11.8. The highest BCUT2D eigenvalue weighted by Crippen LogP contribution is 2.34. The van der Waals surface area contributed by atoms with Crippen molar-refractivity contribution in [1.29, 1.82) is 0 Å². The number of nitrogens with one attached hydrogen (secondary N) is 1. The van der Waals surface area contributed by atoms with Crippen LogP contribution in [0, 0.1) is 27.7 Å². The third-order valence-corrected chi connectivity index (χ3v) is 3.72. The Morgan fingerprint density at radius 1 is 1.06 bits per heavy atom. The van der Waals surface area contributed by atoms with Gasteiger partial charge in [-0.2, -0.15) is 0 Å². The molecular formula is C16H21NO. The zero-order valence-electron chi connectivity index (χ0n) is 11.8. The first-order valence-electron chi connectivity index (χ1n) is 6.35. The van der Waals surface area contributed by atoms with E-state index >= 15 is 0 Å². The van der Waals surface area contributed by atoms with Gasteiger partial charge in [-0.15, -0.1) is 0 Å². The molecule has 1 aromatic carbocycles. The van der Waals surface area contributed by atoms with Crippen LogP contribution in [0.1, 0.15) is 28.0 Å². The molecule has 2 aromatic rings. The highest BCUT2D eigenvalue weighted by molar-refractivity contribution is 5.74. The molecule has 0 amide bonds. The van der Waals surface area contributed by atoms with Gasteiger partial charge < -0.3 is 9.73 Å². The zero-order chi connectivity index (χ0) is 13.3. The van der Waals surface area contributed by atoms with E-state index in [1.54, 1.807) is 6.26 Å². The van der Waals surface area contributed by atoms with E-state index in [0.717, 1.165) is 12.3 Å². The Kier molecular flexibility index (Phi) is 3.58. The largest absolute Gasteiger partial charge is 0.467 e. The lowest BCUT2D eigenvalue weighted by Gasteiger charge is -2.15. The van der Waals surface area contributed by atoms with Gasteiger partial charge in [-0.05, 0) is 68.6 Å². The van der Waals surface area contributed by atoms with Crippen LogP contribution in [0.2, 0.25) is 0 Å². The molecule has 0 saturated heterocycles. The molecule has 0 atom stereocenters. The van der Waals surface area contributed by atoms with E-state index < -0.39 is 0 Å². The summed E-state index contributed by atoms with van der Waals surface area (Å²) in [6, 6.07) is 4.33. The SMILES string of the molecule is CNCc1occc1-c1c(C)c(C)cc(C)c1C. The van der Waals surface area contributed by atoms with Crippen LogP contribution in [0.4, 0.5) is 0 Å². The van der Waals surface area contributed by atoms with Crippen LogP contribution in [0.5, 0.6) is 0 Å². The Hall–Kier alpha value is -1.54. The van der Waals surface area contributed by atoms with Gasteiger partial charge in [-0.25, -0.2) is 0 Å². The molecule has 2 nitrogen and oxygen atoms in total. The molecule has 1 N–H and O–H groups in total. The fourth-order valence-electron chi connectivity index (χ4n) is 2.48. The summed E-state index contributed by atoms with van der Waals surface area (Å²) < 4.78 is 5.59. The summed E-state index contributed by atoms with van der Waals surface area (Å²) in [6.07, 6.45) is 1.78. The van der Waals surface area contributed by atoms with Crippen LogP contribution in [0.25, 0.3) is 11.1 Å². The Balaban J connectivity index is 2.66. The van der Waals surface area contributed by atoms with E-state index in [1.807, 2.05) is 7.05 Å². The fraction of sp³-hybridized carbons (Fsp3) is 0.375. The minimum atomic E-state index is 0.758. The van der Waals surface area contributed by atoms with Crippen molar-refractivity contribution in [2.75, 3.05) is 7.05 Å². The average Bonchev–Trinajstić information content (AvgIpc) is 2.76. The third kappa shape index (κ3) is 2.08. The monoisotopic (exact) mass is 243 g/mol. The highest BCUT2D eigenvalue weighted by Gasteiger charge is 2.15. The maximum absolute atomic E-state index is 5.59.